The van der Waals surface area contributed by atoms with E-state index in [1.807, 2.05) is 0 Å². The lowest BCUT2D eigenvalue weighted by Crippen LogP contribution is -2.34. The van der Waals surface area contributed by atoms with Gasteiger partial charge in [0.05, 0.1) is 35.7 Å². The van der Waals surface area contributed by atoms with Gasteiger partial charge in [-0.05, 0) is 42.8 Å². The summed E-state index contributed by atoms with van der Waals surface area (Å²) in [5.74, 6) is -0.666. The summed E-state index contributed by atoms with van der Waals surface area (Å²) in [6.45, 7) is 1.81. The highest BCUT2D eigenvalue weighted by Crippen LogP contribution is 2.22. The topological polar surface area (TPSA) is 105 Å². The molecule has 1 aromatic carbocycles. The summed E-state index contributed by atoms with van der Waals surface area (Å²) >= 11 is 0. The maximum atomic E-state index is 13.2. The number of carbonyl (C=O) groups excluding carboxylic acids is 1. The van der Waals surface area contributed by atoms with Crippen molar-refractivity contribution in [2.24, 2.45) is 0 Å². The van der Waals surface area contributed by atoms with Crippen LogP contribution in [0.15, 0.2) is 52.1 Å². The molecule has 1 aliphatic rings. The zero-order valence-corrected chi connectivity index (χ0v) is 16.5. The smallest absolute Gasteiger partial charge is 0.278 e. The number of nitrogens with one attached hydrogen (secondary N) is 1. The van der Waals surface area contributed by atoms with Crippen molar-refractivity contribution in [1.29, 1.82) is 0 Å². The normalized spacial score (nSPS) is 13.0. The zero-order valence-electron chi connectivity index (χ0n) is 16.5. The fourth-order valence-corrected chi connectivity index (χ4v) is 3.67. The van der Waals surface area contributed by atoms with Crippen molar-refractivity contribution in [3.63, 3.8) is 0 Å². The Kier molecular flexibility index (Phi) is 4.28. The average Bonchev–Trinajstić information content (AvgIpc) is 3.36. The van der Waals surface area contributed by atoms with Crippen LogP contribution in [-0.4, -0.2) is 35.2 Å². The highest BCUT2D eigenvalue weighted by molar-refractivity contribution is 5.76. The molecule has 156 valence electrons. The number of hydrogen-bond donors (Lipinski definition) is 1. The van der Waals surface area contributed by atoms with Gasteiger partial charge in [0.2, 0.25) is 5.91 Å². The van der Waals surface area contributed by atoms with E-state index in [2.05, 4.69) is 15.2 Å². The van der Waals surface area contributed by atoms with Gasteiger partial charge in [-0.25, -0.2) is 18.6 Å². The van der Waals surface area contributed by atoms with Crippen molar-refractivity contribution in [1.82, 2.24) is 29.3 Å². The SMILES string of the molecule is Cc1ccc(=O)n(CC(=O)N2Cc3nc4cc(-c5ccc(F)cc5)[nH]n4c(=O)c3C2)n1. The van der Waals surface area contributed by atoms with Gasteiger partial charge in [-0.2, -0.15) is 5.10 Å². The van der Waals surface area contributed by atoms with E-state index in [1.165, 1.54) is 27.6 Å². The second-order valence-electron chi connectivity index (χ2n) is 7.43. The van der Waals surface area contributed by atoms with Crippen molar-refractivity contribution in [3.05, 3.63) is 85.9 Å². The minimum Gasteiger partial charge on any atom is -0.331 e. The fraction of sp³-hybridized carbons (Fsp3) is 0.190. The van der Waals surface area contributed by atoms with Crippen LogP contribution in [0, 0.1) is 12.7 Å². The van der Waals surface area contributed by atoms with Gasteiger partial charge in [-0.3, -0.25) is 19.5 Å². The molecule has 5 rings (SSSR count). The minimum absolute atomic E-state index is 0.106. The molecule has 0 saturated carbocycles. The Morgan fingerprint density at radius 1 is 1.13 bits per heavy atom. The molecule has 9 nitrogen and oxygen atoms in total. The van der Waals surface area contributed by atoms with E-state index >= 15 is 0 Å². The lowest BCUT2D eigenvalue weighted by molar-refractivity contribution is -0.132. The van der Waals surface area contributed by atoms with Gasteiger partial charge in [-0.15, -0.1) is 0 Å². The van der Waals surface area contributed by atoms with Crippen molar-refractivity contribution in [2.75, 3.05) is 0 Å². The molecule has 1 N–H and O–H groups in total. The highest BCUT2D eigenvalue weighted by Gasteiger charge is 2.29. The van der Waals surface area contributed by atoms with E-state index in [9.17, 15) is 18.8 Å². The maximum Gasteiger partial charge on any atom is 0.278 e. The molecule has 0 fully saturated rings. The summed E-state index contributed by atoms with van der Waals surface area (Å²) in [5, 5.41) is 7.07. The molecule has 31 heavy (non-hydrogen) atoms. The lowest BCUT2D eigenvalue weighted by atomic mass is 10.1. The summed E-state index contributed by atoms with van der Waals surface area (Å²) in [6, 6.07) is 10.6. The minimum atomic E-state index is -0.365. The Hall–Kier alpha value is -4.08. The molecule has 1 aliphatic heterocycles. The van der Waals surface area contributed by atoms with Crippen molar-refractivity contribution >= 4 is 11.6 Å². The molecule has 3 aromatic heterocycles. The van der Waals surface area contributed by atoms with Gasteiger partial charge >= 0.3 is 0 Å². The van der Waals surface area contributed by atoms with E-state index in [0.717, 1.165) is 10.2 Å². The van der Waals surface area contributed by atoms with Gasteiger partial charge in [-0.1, -0.05) is 0 Å². The van der Waals surface area contributed by atoms with Crippen LogP contribution in [0.25, 0.3) is 16.9 Å². The summed E-state index contributed by atoms with van der Waals surface area (Å²) in [6.07, 6.45) is 0. The molecule has 0 saturated heterocycles. The van der Waals surface area contributed by atoms with Crippen LogP contribution in [-0.2, 0) is 24.4 Å². The van der Waals surface area contributed by atoms with Crippen LogP contribution < -0.4 is 11.1 Å². The summed E-state index contributed by atoms with van der Waals surface area (Å²) in [7, 11) is 0. The van der Waals surface area contributed by atoms with Crippen molar-refractivity contribution in [3.8, 4) is 11.3 Å². The third kappa shape index (κ3) is 3.31. The summed E-state index contributed by atoms with van der Waals surface area (Å²) < 4.78 is 15.6. The first-order chi connectivity index (χ1) is 14.9. The van der Waals surface area contributed by atoms with Gasteiger partial charge in [0, 0.05) is 12.1 Å². The molecule has 0 aliphatic carbocycles. The molecule has 10 heteroatoms. The molecule has 4 aromatic rings. The number of hydrogen-bond acceptors (Lipinski definition) is 5. The number of amides is 1. The zero-order chi connectivity index (χ0) is 21.7. The molecule has 0 spiro atoms. The standard InChI is InChI=1S/C21H17FN6O3/c1-12-2-7-19(29)27(24-12)11-20(30)26-9-15-17(10-26)23-18-8-16(25-28(18)21(15)31)13-3-5-14(22)6-4-13/h2-8,25H,9-11H2,1H3. The van der Waals surface area contributed by atoms with Crippen LogP contribution in [0.4, 0.5) is 4.39 Å². The van der Waals surface area contributed by atoms with Gasteiger partial charge < -0.3 is 4.90 Å². The fourth-order valence-electron chi connectivity index (χ4n) is 3.67. The number of nitrogens with zero attached hydrogens (tertiary/aromatic N) is 5. The number of aromatic amines is 1. The van der Waals surface area contributed by atoms with Gasteiger partial charge in [0.25, 0.3) is 11.1 Å². The quantitative estimate of drug-likeness (QED) is 0.537. The van der Waals surface area contributed by atoms with Crippen LogP contribution in [0.5, 0.6) is 0 Å². The monoisotopic (exact) mass is 420 g/mol. The predicted molar refractivity (Wildman–Crippen MR) is 109 cm³/mol. The molecule has 0 unspecified atom stereocenters. The third-order valence-corrected chi connectivity index (χ3v) is 5.28. The van der Waals surface area contributed by atoms with Crippen LogP contribution in [0.2, 0.25) is 0 Å². The maximum absolute atomic E-state index is 13.2. The number of carbonyl (C=O) groups is 1. The van der Waals surface area contributed by atoms with Crippen LogP contribution >= 0.6 is 0 Å². The molecule has 0 atom stereocenters. The summed E-state index contributed by atoms with van der Waals surface area (Å²) in [5.41, 5.74) is 2.67. The number of benzene rings is 1. The van der Waals surface area contributed by atoms with Crippen LogP contribution in [0.3, 0.4) is 0 Å². The van der Waals surface area contributed by atoms with Gasteiger partial charge in [0.1, 0.15) is 12.4 Å². The predicted octanol–water partition coefficient (Wildman–Crippen LogP) is 1.24. The summed E-state index contributed by atoms with van der Waals surface area (Å²) in [4.78, 5) is 43.6. The molecule has 1 amide bonds. The van der Waals surface area contributed by atoms with Gasteiger partial charge in [0.15, 0.2) is 5.65 Å². The Labute approximate surface area is 174 Å². The Balaban J connectivity index is 1.43. The number of H-pyrrole nitrogens is 1. The van der Waals surface area contributed by atoms with E-state index in [0.29, 0.717) is 28.3 Å². The molecular formula is C21H17FN6O3. The highest BCUT2D eigenvalue weighted by atomic mass is 19.1. The number of fused-ring (bicyclic) bond motifs is 2. The van der Waals surface area contributed by atoms with E-state index in [4.69, 9.17) is 0 Å². The first-order valence-electron chi connectivity index (χ1n) is 9.61. The molecule has 0 bridgehead atoms. The number of aryl methyl sites for hydroxylation is 1. The van der Waals surface area contributed by atoms with E-state index in [1.54, 1.807) is 31.2 Å². The Morgan fingerprint density at radius 3 is 2.68 bits per heavy atom. The first kappa shape index (κ1) is 18.9. The second-order valence-corrected chi connectivity index (χ2v) is 7.43. The van der Waals surface area contributed by atoms with Crippen molar-refractivity contribution < 1.29 is 9.18 Å². The third-order valence-electron chi connectivity index (χ3n) is 5.28. The van der Waals surface area contributed by atoms with Crippen molar-refractivity contribution in [2.45, 2.75) is 26.6 Å². The lowest BCUT2D eigenvalue weighted by Gasteiger charge is -2.15. The first-order valence-corrected chi connectivity index (χ1v) is 9.61. The molecule has 4 heterocycles. The average molecular weight is 420 g/mol. The largest absolute Gasteiger partial charge is 0.331 e. The van der Waals surface area contributed by atoms with E-state index in [-0.39, 0.29) is 42.5 Å². The number of aromatic nitrogens is 5. The molecular weight excluding hydrogens is 403 g/mol. The number of halogens is 1. The second kappa shape index (κ2) is 7.01. The van der Waals surface area contributed by atoms with Crippen LogP contribution in [0.1, 0.15) is 17.0 Å². The van der Waals surface area contributed by atoms with E-state index < -0.39 is 0 Å². The Bertz CT molecular complexity index is 1450. The Morgan fingerprint density at radius 2 is 1.90 bits per heavy atom. The molecule has 0 radical (unpaired) electrons. The number of rotatable bonds is 3.